The van der Waals surface area contributed by atoms with Crippen molar-refractivity contribution in [2.45, 2.75) is 5.41 Å². The minimum atomic E-state index is -0.474. The Hall–Kier alpha value is -9.30. The van der Waals surface area contributed by atoms with Gasteiger partial charge in [0.25, 0.3) is 0 Å². The predicted molar refractivity (Wildman–Crippen MR) is 305 cm³/mol. The van der Waals surface area contributed by atoms with Crippen LogP contribution in [0.4, 0.5) is 17.1 Å². The maximum atomic E-state index is 2.44. The first-order chi connectivity index (χ1) is 35.7. The van der Waals surface area contributed by atoms with E-state index in [1.807, 2.05) is 0 Å². The molecule has 0 N–H and O–H groups in total. The van der Waals surface area contributed by atoms with E-state index in [1.54, 1.807) is 0 Å². The molecule has 0 spiro atoms. The van der Waals surface area contributed by atoms with Gasteiger partial charge in [-0.3, -0.25) is 0 Å². The summed E-state index contributed by atoms with van der Waals surface area (Å²) in [4.78, 5) is 2.44. The highest BCUT2D eigenvalue weighted by atomic mass is 15.1. The van der Waals surface area contributed by atoms with Crippen LogP contribution in [0.2, 0.25) is 0 Å². The average molecular weight is 914 g/mol. The monoisotopic (exact) mass is 913 g/mol. The molecule has 0 heterocycles. The standard InChI is InChI=1S/C71H47N/c1-5-20-50(21-6-1)69-64-31-16-15-29-61(64)62-42-37-52(46-66(62)70(69)51-22-7-2-8-23-51)48-35-38-56(39-36-48)72(57-40-43-60-53(45-57)34-33-49-19-13-14-28-59(49)60)58-41-44-68-65(47-58)63-30-17-18-32-67(63)71(68,54-24-9-3-10-25-54)55-26-11-4-12-27-55/h1-47H. The Labute approximate surface area is 420 Å². The van der Waals surface area contributed by atoms with E-state index in [-0.39, 0.29) is 0 Å². The van der Waals surface area contributed by atoms with E-state index in [0.717, 1.165) is 22.6 Å². The van der Waals surface area contributed by atoms with Crippen molar-refractivity contribution in [1.29, 1.82) is 0 Å². The van der Waals surface area contributed by atoms with E-state index in [4.69, 9.17) is 0 Å². The molecule has 0 radical (unpaired) electrons. The first kappa shape index (κ1) is 41.7. The number of hydrogen-bond donors (Lipinski definition) is 0. The molecule has 14 rings (SSSR count). The molecule has 13 aromatic rings. The smallest absolute Gasteiger partial charge is 0.0713 e. The number of anilines is 3. The fraction of sp³-hybridized carbons (Fsp3) is 0.0141. The molecule has 0 amide bonds. The molecule has 1 aliphatic carbocycles. The molecule has 0 aromatic heterocycles. The van der Waals surface area contributed by atoms with Gasteiger partial charge in [-0.1, -0.05) is 243 Å². The molecule has 0 aliphatic heterocycles. The summed E-state index contributed by atoms with van der Waals surface area (Å²) in [6, 6.07) is 105. The van der Waals surface area contributed by atoms with E-state index < -0.39 is 5.41 Å². The molecular formula is C71H47N. The lowest BCUT2D eigenvalue weighted by molar-refractivity contribution is 0.768. The SMILES string of the molecule is c1ccc(-c2c(-c3ccccc3)c3cc(-c4ccc(N(c5ccc6c(c5)-c5ccccc5C6(c5ccccc5)c5ccccc5)c5ccc6c(ccc7ccccc76)c5)cc4)ccc3c3ccccc23)cc1. The molecule has 0 bridgehead atoms. The first-order valence-electron chi connectivity index (χ1n) is 25.0. The third-order valence-corrected chi connectivity index (χ3v) is 15.3. The van der Waals surface area contributed by atoms with Crippen molar-refractivity contribution in [2.24, 2.45) is 0 Å². The number of nitrogens with zero attached hydrogens (tertiary/aromatic N) is 1. The van der Waals surface area contributed by atoms with Crippen molar-refractivity contribution in [3.63, 3.8) is 0 Å². The molecule has 0 atom stereocenters. The van der Waals surface area contributed by atoms with Crippen LogP contribution in [0.5, 0.6) is 0 Å². The van der Waals surface area contributed by atoms with Crippen LogP contribution in [0.25, 0.3) is 87.6 Å². The summed E-state index contributed by atoms with van der Waals surface area (Å²) in [6.45, 7) is 0. The largest absolute Gasteiger partial charge is 0.310 e. The molecule has 336 valence electrons. The highest BCUT2D eigenvalue weighted by Crippen LogP contribution is 2.57. The molecule has 0 saturated heterocycles. The van der Waals surface area contributed by atoms with Gasteiger partial charge in [-0.15, -0.1) is 0 Å². The summed E-state index contributed by atoms with van der Waals surface area (Å²) >= 11 is 0. The van der Waals surface area contributed by atoms with Crippen LogP contribution in [0, 0.1) is 0 Å². The van der Waals surface area contributed by atoms with Gasteiger partial charge >= 0.3 is 0 Å². The normalized spacial score (nSPS) is 12.6. The first-order valence-corrected chi connectivity index (χ1v) is 25.0. The summed E-state index contributed by atoms with van der Waals surface area (Å²) in [6.07, 6.45) is 0. The zero-order valence-corrected chi connectivity index (χ0v) is 39.6. The molecular weight excluding hydrogens is 867 g/mol. The Morgan fingerprint density at radius 3 is 1.42 bits per heavy atom. The third-order valence-electron chi connectivity index (χ3n) is 15.3. The Morgan fingerprint density at radius 2 is 0.708 bits per heavy atom. The second-order valence-corrected chi connectivity index (χ2v) is 19.1. The maximum Gasteiger partial charge on any atom is 0.0713 e. The van der Waals surface area contributed by atoms with Gasteiger partial charge in [0, 0.05) is 17.1 Å². The van der Waals surface area contributed by atoms with Crippen molar-refractivity contribution in [3.8, 4) is 44.5 Å². The van der Waals surface area contributed by atoms with Gasteiger partial charge in [0.2, 0.25) is 0 Å². The van der Waals surface area contributed by atoms with Gasteiger partial charge in [0.15, 0.2) is 0 Å². The molecule has 72 heavy (non-hydrogen) atoms. The topological polar surface area (TPSA) is 3.24 Å². The van der Waals surface area contributed by atoms with E-state index in [1.165, 1.54) is 104 Å². The van der Waals surface area contributed by atoms with E-state index in [2.05, 4.69) is 290 Å². The Kier molecular flexibility index (Phi) is 9.82. The minimum Gasteiger partial charge on any atom is -0.310 e. The molecule has 1 heteroatoms. The molecule has 0 saturated carbocycles. The van der Waals surface area contributed by atoms with E-state index >= 15 is 0 Å². The van der Waals surface area contributed by atoms with Crippen LogP contribution in [-0.4, -0.2) is 0 Å². The van der Waals surface area contributed by atoms with Crippen molar-refractivity contribution in [3.05, 3.63) is 307 Å². The van der Waals surface area contributed by atoms with Crippen molar-refractivity contribution in [2.75, 3.05) is 4.90 Å². The number of hydrogen-bond acceptors (Lipinski definition) is 1. The van der Waals surface area contributed by atoms with Crippen LogP contribution in [-0.2, 0) is 5.41 Å². The summed E-state index contributed by atoms with van der Waals surface area (Å²) in [7, 11) is 0. The van der Waals surface area contributed by atoms with Crippen LogP contribution in [0.1, 0.15) is 22.3 Å². The fourth-order valence-corrected chi connectivity index (χ4v) is 12.1. The van der Waals surface area contributed by atoms with Gasteiger partial charge in [0.05, 0.1) is 5.41 Å². The zero-order valence-electron chi connectivity index (χ0n) is 39.6. The second-order valence-electron chi connectivity index (χ2n) is 19.1. The number of fused-ring (bicyclic) bond motifs is 9. The van der Waals surface area contributed by atoms with Crippen molar-refractivity contribution >= 4 is 60.2 Å². The van der Waals surface area contributed by atoms with Crippen molar-refractivity contribution in [1.82, 2.24) is 0 Å². The molecule has 0 unspecified atom stereocenters. The molecule has 0 fully saturated rings. The van der Waals surface area contributed by atoms with Gasteiger partial charge in [0.1, 0.15) is 0 Å². The Morgan fingerprint density at radius 1 is 0.236 bits per heavy atom. The number of benzene rings is 13. The summed E-state index contributed by atoms with van der Waals surface area (Å²) < 4.78 is 0. The molecule has 1 nitrogen and oxygen atoms in total. The van der Waals surface area contributed by atoms with Gasteiger partial charge in [-0.2, -0.15) is 0 Å². The second kappa shape index (κ2) is 17.0. The third kappa shape index (κ3) is 6.55. The highest BCUT2D eigenvalue weighted by molar-refractivity contribution is 6.22. The summed E-state index contributed by atoms with van der Waals surface area (Å²) in [5.41, 5.74) is 17.7. The predicted octanol–water partition coefficient (Wildman–Crippen LogP) is 19.1. The molecule has 13 aromatic carbocycles. The minimum absolute atomic E-state index is 0.474. The lowest BCUT2D eigenvalue weighted by Gasteiger charge is -2.34. The van der Waals surface area contributed by atoms with Crippen LogP contribution in [0.15, 0.2) is 285 Å². The van der Waals surface area contributed by atoms with E-state index in [0.29, 0.717) is 0 Å². The quantitative estimate of drug-likeness (QED) is 0.137. The number of rotatable bonds is 8. The van der Waals surface area contributed by atoms with Crippen LogP contribution in [0.3, 0.4) is 0 Å². The summed E-state index contributed by atoms with van der Waals surface area (Å²) in [5, 5.41) is 9.98. The summed E-state index contributed by atoms with van der Waals surface area (Å²) in [5.74, 6) is 0. The van der Waals surface area contributed by atoms with Gasteiger partial charge < -0.3 is 4.90 Å². The van der Waals surface area contributed by atoms with E-state index in [9.17, 15) is 0 Å². The molecule has 1 aliphatic rings. The lowest BCUT2D eigenvalue weighted by Crippen LogP contribution is -2.28. The highest BCUT2D eigenvalue weighted by Gasteiger charge is 2.46. The maximum absolute atomic E-state index is 2.44. The average Bonchev–Trinajstić information content (AvgIpc) is 3.76. The van der Waals surface area contributed by atoms with Gasteiger partial charge in [-0.25, -0.2) is 0 Å². The lowest BCUT2D eigenvalue weighted by atomic mass is 9.68. The fourth-order valence-electron chi connectivity index (χ4n) is 12.1. The van der Waals surface area contributed by atoms with Gasteiger partial charge in [-0.05, 0) is 152 Å². The Balaban J connectivity index is 0.952. The zero-order chi connectivity index (χ0) is 47.6. The van der Waals surface area contributed by atoms with Crippen LogP contribution >= 0.6 is 0 Å². The van der Waals surface area contributed by atoms with Crippen LogP contribution < -0.4 is 4.90 Å². The van der Waals surface area contributed by atoms with Crippen molar-refractivity contribution < 1.29 is 0 Å². The Bertz CT molecular complexity index is 4140.